The van der Waals surface area contributed by atoms with Crippen LogP contribution in [0.4, 0.5) is 4.39 Å². The third-order valence-corrected chi connectivity index (χ3v) is 5.72. The van der Waals surface area contributed by atoms with Crippen LogP contribution in [-0.2, 0) is 24.4 Å². The van der Waals surface area contributed by atoms with Gasteiger partial charge in [-0.2, -0.15) is 10.2 Å². The number of rotatable bonds is 7. The van der Waals surface area contributed by atoms with Crippen LogP contribution < -0.4 is 0 Å². The molecule has 0 saturated carbocycles. The van der Waals surface area contributed by atoms with Gasteiger partial charge in [0, 0.05) is 43.0 Å². The maximum atomic E-state index is 13.4. The smallest absolute Gasteiger partial charge is 0.244 e. The fraction of sp³-hybridized carbons (Fsp3) is 0.333. The molecule has 0 atom stereocenters. The maximum Gasteiger partial charge on any atom is 0.244 e. The molecule has 4 rings (SSSR count). The quantitative estimate of drug-likeness (QED) is 0.439. The van der Waals surface area contributed by atoms with E-state index < -0.39 is 0 Å². The van der Waals surface area contributed by atoms with Gasteiger partial charge in [0.25, 0.3) is 0 Å². The van der Waals surface area contributed by atoms with Crippen LogP contribution in [0.2, 0.25) is 0 Å². The first-order valence-electron chi connectivity index (χ1n) is 10.8. The van der Waals surface area contributed by atoms with Crippen LogP contribution in [0.3, 0.4) is 0 Å². The van der Waals surface area contributed by atoms with Crippen molar-refractivity contribution in [2.75, 3.05) is 6.54 Å². The Hall–Kier alpha value is -3.55. The number of nitrogens with zero attached hydrogens (tertiary/aromatic N) is 6. The summed E-state index contributed by atoms with van der Waals surface area (Å²) in [5.41, 5.74) is 5.20. The Kier molecular flexibility index (Phi) is 6.03. The molecule has 0 saturated heterocycles. The van der Waals surface area contributed by atoms with Gasteiger partial charge in [-0.15, -0.1) is 0 Å². The van der Waals surface area contributed by atoms with E-state index in [2.05, 4.69) is 15.2 Å². The minimum Gasteiger partial charge on any atom is -0.337 e. The molecule has 32 heavy (non-hydrogen) atoms. The van der Waals surface area contributed by atoms with Crippen molar-refractivity contribution in [1.29, 1.82) is 0 Å². The standard InChI is InChI=1S/C24H27FN6O/c1-5-29(13-19-14-30(6-2)27-16(19)3)22(32)15-31-24-23(17(4)28-31)21(11-12-26-24)18-7-9-20(25)10-8-18/h7-12,14H,5-6,13,15H2,1-4H3. The Labute approximate surface area is 186 Å². The highest BCUT2D eigenvalue weighted by Gasteiger charge is 2.20. The number of carbonyl (C=O) groups is 1. The molecule has 4 aromatic rings. The second-order valence-electron chi connectivity index (χ2n) is 7.81. The molecule has 0 aliphatic carbocycles. The lowest BCUT2D eigenvalue weighted by molar-refractivity contribution is -0.132. The van der Waals surface area contributed by atoms with Crippen molar-refractivity contribution in [2.45, 2.75) is 47.3 Å². The number of amides is 1. The normalized spacial score (nSPS) is 11.3. The molecule has 0 aliphatic rings. The number of aryl methyl sites for hydroxylation is 3. The number of hydrogen-bond acceptors (Lipinski definition) is 4. The minimum absolute atomic E-state index is 0.0328. The first-order chi connectivity index (χ1) is 15.4. The van der Waals surface area contributed by atoms with E-state index in [0.29, 0.717) is 18.7 Å². The van der Waals surface area contributed by atoms with Crippen molar-refractivity contribution in [3.63, 3.8) is 0 Å². The molecular weight excluding hydrogens is 407 g/mol. The molecule has 3 heterocycles. The number of pyridine rings is 1. The van der Waals surface area contributed by atoms with Gasteiger partial charge in [0.05, 0.1) is 11.4 Å². The van der Waals surface area contributed by atoms with Crippen LogP contribution in [0.15, 0.2) is 42.7 Å². The van der Waals surface area contributed by atoms with Crippen LogP contribution in [0.5, 0.6) is 0 Å². The van der Waals surface area contributed by atoms with E-state index in [9.17, 15) is 9.18 Å². The molecule has 0 bridgehead atoms. The molecule has 0 fully saturated rings. The number of carbonyl (C=O) groups excluding carboxylic acids is 1. The number of halogens is 1. The van der Waals surface area contributed by atoms with Crippen molar-refractivity contribution < 1.29 is 9.18 Å². The molecule has 0 radical (unpaired) electrons. The highest BCUT2D eigenvalue weighted by molar-refractivity contribution is 5.95. The Morgan fingerprint density at radius 3 is 2.47 bits per heavy atom. The Balaban J connectivity index is 1.62. The zero-order chi connectivity index (χ0) is 22.8. The summed E-state index contributed by atoms with van der Waals surface area (Å²) in [6, 6.07) is 8.25. The number of fused-ring (bicyclic) bond motifs is 1. The number of aromatic nitrogens is 5. The molecule has 1 amide bonds. The maximum absolute atomic E-state index is 13.4. The van der Waals surface area contributed by atoms with Gasteiger partial charge in [-0.25, -0.2) is 14.1 Å². The number of hydrogen-bond donors (Lipinski definition) is 0. The second kappa shape index (κ2) is 8.90. The Bertz CT molecular complexity index is 1260. The number of likely N-dealkylation sites (N-methyl/N-ethyl adjacent to an activating group) is 1. The SMILES string of the molecule is CCN(Cc1cn(CC)nc1C)C(=O)Cn1nc(C)c2c(-c3ccc(F)cc3)ccnc21. The molecule has 0 spiro atoms. The predicted molar refractivity (Wildman–Crippen MR) is 121 cm³/mol. The van der Waals surface area contributed by atoms with E-state index in [0.717, 1.165) is 40.0 Å². The van der Waals surface area contributed by atoms with Crippen LogP contribution in [-0.4, -0.2) is 41.9 Å². The Morgan fingerprint density at radius 2 is 1.81 bits per heavy atom. The molecule has 0 N–H and O–H groups in total. The van der Waals surface area contributed by atoms with Gasteiger partial charge in [0.2, 0.25) is 5.91 Å². The average molecular weight is 435 g/mol. The Morgan fingerprint density at radius 1 is 1.06 bits per heavy atom. The lowest BCUT2D eigenvalue weighted by Crippen LogP contribution is -2.33. The summed E-state index contributed by atoms with van der Waals surface area (Å²) in [5.74, 6) is -0.314. The van der Waals surface area contributed by atoms with E-state index in [4.69, 9.17) is 0 Å². The third-order valence-electron chi connectivity index (χ3n) is 5.72. The molecule has 7 nitrogen and oxygen atoms in total. The van der Waals surface area contributed by atoms with Gasteiger partial charge in [0.15, 0.2) is 5.65 Å². The van der Waals surface area contributed by atoms with E-state index in [1.807, 2.05) is 44.6 Å². The predicted octanol–water partition coefficient (Wildman–Crippen LogP) is 4.12. The minimum atomic E-state index is -0.281. The highest BCUT2D eigenvalue weighted by Crippen LogP contribution is 2.30. The largest absolute Gasteiger partial charge is 0.337 e. The lowest BCUT2D eigenvalue weighted by Gasteiger charge is -2.20. The van der Waals surface area contributed by atoms with Gasteiger partial charge >= 0.3 is 0 Å². The first-order valence-corrected chi connectivity index (χ1v) is 10.8. The molecular formula is C24H27FN6O. The van der Waals surface area contributed by atoms with Crippen LogP contribution >= 0.6 is 0 Å². The van der Waals surface area contributed by atoms with Crippen LogP contribution in [0.25, 0.3) is 22.2 Å². The van der Waals surface area contributed by atoms with Crippen molar-refractivity contribution >= 4 is 16.9 Å². The van der Waals surface area contributed by atoms with E-state index in [1.165, 1.54) is 12.1 Å². The van der Waals surface area contributed by atoms with Crippen molar-refractivity contribution in [3.8, 4) is 11.1 Å². The van der Waals surface area contributed by atoms with Gasteiger partial charge in [0.1, 0.15) is 12.4 Å². The van der Waals surface area contributed by atoms with Crippen molar-refractivity contribution in [3.05, 3.63) is 65.5 Å². The summed E-state index contributed by atoms with van der Waals surface area (Å²) in [4.78, 5) is 19.5. The molecule has 0 unspecified atom stereocenters. The zero-order valence-corrected chi connectivity index (χ0v) is 18.8. The van der Waals surface area contributed by atoms with Gasteiger partial charge in [-0.3, -0.25) is 9.48 Å². The molecule has 0 aliphatic heterocycles. The number of benzene rings is 1. The summed E-state index contributed by atoms with van der Waals surface area (Å²) in [6.45, 7) is 9.85. The average Bonchev–Trinajstić information content (AvgIpc) is 3.31. The molecule has 166 valence electrons. The highest BCUT2D eigenvalue weighted by atomic mass is 19.1. The molecule has 8 heteroatoms. The van der Waals surface area contributed by atoms with Gasteiger partial charge in [-0.05, 0) is 57.0 Å². The molecule has 1 aromatic carbocycles. The summed E-state index contributed by atoms with van der Waals surface area (Å²) >= 11 is 0. The van der Waals surface area contributed by atoms with Crippen LogP contribution in [0.1, 0.15) is 30.8 Å². The van der Waals surface area contributed by atoms with E-state index >= 15 is 0 Å². The topological polar surface area (TPSA) is 68.8 Å². The summed E-state index contributed by atoms with van der Waals surface area (Å²) in [6.07, 6.45) is 3.69. The first kappa shape index (κ1) is 21.7. The van der Waals surface area contributed by atoms with Gasteiger partial charge in [-0.1, -0.05) is 12.1 Å². The fourth-order valence-electron chi connectivity index (χ4n) is 3.95. The van der Waals surface area contributed by atoms with E-state index in [-0.39, 0.29) is 18.3 Å². The second-order valence-corrected chi connectivity index (χ2v) is 7.81. The monoisotopic (exact) mass is 434 g/mol. The third kappa shape index (κ3) is 4.12. The van der Waals surface area contributed by atoms with Gasteiger partial charge < -0.3 is 4.90 Å². The zero-order valence-electron chi connectivity index (χ0n) is 18.8. The van der Waals surface area contributed by atoms with Crippen LogP contribution in [0, 0.1) is 19.7 Å². The van der Waals surface area contributed by atoms with Crippen molar-refractivity contribution in [1.82, 2.24) is 29.4 Å². The summed E-state index contributed by atoms with van der Waals surface area (Å²) in [5, 5.41) is 9.95. The lowest BCUT2D eigenvalue weighted by atomic mass is 10.0. The van der Waals surface area contributed by atoms with Crippen molar-refractivity contribution in [2.24, 2.45) is 0 Å². The fourth-order valence-corrected chi connectivity index (χ4v) is 3.95. The summed E-state index contributed by atoms with van der Waals surface area (Å²) in [7, 11) is 0. The summed E-state index contributed by atoms with van der Waals surface area (Å²) < 4.78 is 16.9. The molecule has 3 aromatic heterocycles. The van der Waals surface area contributed by atoms with E-state index in [1.54, 1.807) is 27.9 Å².